The minimum atomic E-state index is 0.315. The monoisotopic (exact) mass is 222 g/mol. The molecule has 0 aromatic carbocycles. The number of aromatic nitrogens is 2. The van der Waals surface area contributed by atoms with Gasteiger partial charge in [0.1, 0.15) is 5.82 Å². The van der Waals surface area contributed by atoms with Gasteiger partial charge < -0.3 is 15.2 Å². The van der Waals surface area contributed by atoms with Crippen molar-refractivity contribution in [2.24, 2.45) is 0 Å². The van der Waals surface area contributed by atoms with E-state index in [0.29, 0.717) is 18.1 Å². The number of imidazole rings is 1. The summed E-state index contributed by atoms with van der Waals surface area (Å²) in [6.45, 7) is 5.65. The molecule has 0 bridgehead atoms. The number of nitrogens with one attached hydrogen (secondary N) is 2. The van der Waals surface area contributed by atoms with Gasteiger partial charge in [0, 0.05) is 24.5 Å². The number of hydrogen-bond acceptors (Lipinski definition) is 3. The van der Waals surface area contributed by atoms with Gasteiger partial charge >= 0.3 is 0 Å². The van der Waals surface area contributed by atoms with Gasteiger partial charge in [-0.15, -0.1) is 0 Å². The zero-order chi connectivity index (χ0) is 11.5. The Bertz CT molecular complexity index is 309. The first kappa shape index (κ1) is 11.6. The third kappa shape index (κ3) is 2.62. The van der Waals surface area contributed by atoms with Crippen molar-refractivity contribution in [3.8, 4) is 0 Å². The van der Waals surface area contributed by atoms with Gasteiger partial charge in [-0.1, -0.05) is 0 Å². The van der Waals surface area contributed by atoms with E-state index in [1.54, 1.807) is 0 Å². The summed E-state index contributed by atoms with van der Waals surface area (Å²) < 4.78 is 0. The predicted molar refractivity (Wildman–Crippen MR) is 65.3 cm³/mol. The average Bonchev–Trinajstić information content (AvgIpc) is 2.77. The van der Waals surface area contributed by atoms with E-state index in [0.717, 1.165) is 5.82 Å². The predicted octanol–water partition coefficient (Wildman–Crippen LogP) is 1.54. The van der Waals surface area contributed by atoms with E-state index in [4.69, 9.17) is 0 Å². The molecule has 2 rings (SSSR count). The maximum atomic E-state index is 4.29. The number of aromatic amines is 1. The van der Waals surface area contributed by atoms with E-state index < -0.39 is 0 Å². The van der Waals surface area contributed by atoms with Gasteiger partial charge in [-0.2, -0.15) is 0 Å². The fourth-order valence-corrected chi connectivity index (χ4v) is 2.39. The summed E-state index contributed by atoms with van der Waals surface area (Å²) in [6.07, 6.45) is 6.14. The summed E-state index contributed by atoms with van der Waals surface area (Å²) in [5, 5.41) is 3.65. The van der Waals surface area contributed by atoms with Crippen molar-refractivity contribution in [2.75, 3.05) is 13.6 Å². The van der Waals surface area contributed by atoms with Crippen LogP contribution in [0, 0.1) is 0 Å². The zero-order valence-electron chi connectivity index (χ0n) is 10.4. The second kappa shape index (κ2) is 4.97. The van der Waals surface area contributed by atoms with Crippen LogP contribution in [0.3, 0.4) is 0 Å². The van der Waals surface area contributed by atoms with E-state index in [2.05, 4.69) is 41.1 Å². The molecule has 4 heteroatoms. The smallest absolute Gasteiger partial charge is 0.122 e. The molecule has 2 heterocycles. The summed E-state index contributed by atoms with van der Waals surface area (Å²) in [5.74, 6) is 1.03. The molecule has 2 N–H and O–H groups in total. The summed E-state index contributed by atoms with van der Waals surface area (Å²) in [4.78, 5) is 9.88. The SMILES string of the molecule is CC(NC1CCN(C)C(C)C1)c1ncc[nH]1. The molecule has 0 radical (unpaired) electrons. The van der Waals surface area contributed by atoms with Crippen molar-refractivity contribution >= 4 is 0 Å². The van der Waals surface area contributed by atoms with E-state index in [9.17, 15) is 0 Å². The fraction of sp³-hybridized carbons (Fsp3) is 0.750. The molecule has 0 saturated carbocycles. The second-order valence-corrected chi connectivity index (χ2v) is 4.91. The third-order valence-corrected chi connectivity index (χ3v) is 3.62. The van der Waals surface area contributed by atoms with Gasteiger partial charge in [-0.3, -0.25) is 0 Å². The van der Waals surface area contributed by atoms with Crippen LogP contribution in [0.2, 0.25) is 0 Å². The van der Waals surface area contributed by atoms with Gasteiger partial charge in [-0.05, 0) is 40.3 Å². The highest BCUT2D eigenvalue weighted by Crippen LogP contribution is 2.18. The fourth-order valence-electron chi connectivity index (χ4n) is 2.39. The molecule has 0 amide bonds. The van der Waals surface area contributed by atoms with Crippen LogP contribution < -0.4 is 5.32 Å². The molecule has 1 aromatic rings. The molecule has 4 nitrogen and oxygen atoms in total. The molecular weight excluding hydrogens is 200 g/mol. The van der Waals surface area contributed by atoms with Gasteiger partial charge in [0.15, 0.2) is 0 Å². The minimum Gasteiger partial charge on any atom is -0.347 e. The van der Waals surface area contributed by atoms with Crippen LogP contribution >= 0.6 is 0 Å². The molecule has 0 aliphatic carbocycles. The van der Waals surface area contributed by atoms with Gasteiger partial charge in [0.2, 0.25) is 0 Å². The van der Waals surface area contributed by atoms with E-state index in [-0.39, 0.29) is 0 Å². The number of nitrogens with zero attached hydrogens (tertiary/aromatic N) is 2. The minimum absolute atomic E-state index is 0.315. The summed E-state index contributed by atoms with van der Waals surface area (Å²) >= 11 is 0. The number of hydrogen-bond donors (Lipinski definition) is 2. The second-order valence-electron chi connectivity index (χ2n) is 4.91. The average molecular weight is 222 g/mol. The van der Waals surface area contributed by atoms with Crippen molar-refractivity contribution in [1.82, 2.24) is 20.2 Å². The van der Waals surface area contributed by atoms with Gasteiger partial charge in [-0.25, -0.2) is 4.98 Å². The lowest BCUT2D eigenvalue weighted by molar-refractivity contribution is 0.163. The van der Waals surface area contributed by atoms with Crippen molar-refractivity contribution in [3.05, 3.63) is 18.2 Å². The molecule has 1 fully saturated rings. The van der Waals surface area contributed by atoms with Crippen molar-refractivity contribution in [3.63, 3.8) is 0 Å². The molecule has 16 heavy (non-hydrogen) atoms. The first-order chi connectivity index (χ1) is 7.66. The van der Waals surface area contributed by atoms with E-state index in [1.165, 1.54) is 19.4 Å². The topological polar surface area (TPSA) is 44.0 Å². The number of H-pyrrole nitrogens is 1. The Balaban J connectivity index is 1.86. The highest BCUT2D eigenvalue weighted by atomic mass is 15.2. The standard InChI is InChI=1S/C12H22N4/c1-9-8-11(4-7-16(9)3)15-10(2)12-13-5-6-14-12/h5-6,9-11,15H,4,7-8H2,1-3H3,(H,13,14). The number of rotatable bonds is 3. The van der Waals surface area contributed by atoms with Crippen LogP contribution in [0.15, 0.2) is 12.4 Å². The Labute approximate surface area is 97.4 Å². The highest BCUT2D eigenvalue weighted by molar-refractivity contribution is 4.95. The van der Waals surface area contributed by atoms with Crippen LogP contribution in [-0.2, 0) is 0 Å². The Kier molecular flexibility index (Phi) is 3.61. The number of piperidine rings is 1. The van der Waals surface area contributed by atoms with Crippen LogP contribution in [0.1, 0.15) is 38.6 Å². The lowest BCUT2D eigenvalue weighted by atomic mass is 9.98. The lowest BCUT2D eigenvalue weighted by Crippen LogP contribution is -2.46. The first-order valence-corrected chi connectivity index (χ1v) is 6.12. The van der Waals surface area contributed by atoms with Crippen LogP contribution in [0.25, 0.3) is 0 Å². The van der Waals surface area contributed by atoms with Crippen molar-refractivity contribution in [1.29, 1.82) is 0 Å². The molecule has 1 saturated heterocycles. The van der Waals surface area contributed by atoms with E-state index >= 15 is 0 Å². The van der Waals surface area contributed by atoms with Gasteiger partial charge in [0.05, 0.1) is 6.04 Å². The normalized spacial score (nSPS) is 29.2. The molecular formula is C12H22N4. The lowest BCUT2D eigenvalue weighted by Gasteiger charge is -2.36. The number of likely N-dealkylation sites (tertiary alicyclic amines) is 1. The van der Waals surface area contributed by atoms with Gasteiger partial charge in [0.25, 0.3) is 0 Å². The summed E-state index contributed by atoms with van der Waals surface area (Å²) in [6, 6.07) is 1.61. The molecule has 3 unspecified atom stereocenters. The highest BCUT2D eigenvalue weighted by Gasteiger charge is 2.24. The maximum Gasteiger partial charge on any atom is 0.122 e. The molecule has 1 aromatic heterocycles. The Morgan fingerprint density at radius 1 is 1.62 bits per heavy atom. The van der Waals surface area contributed by atoms with Crippen molar-refractivity contribution < 1.29 is 0 Å². The molecule has 1 aliphatic heterocycles. The van der Waals surface area contributed by atoms with Crippen LogP contribution in [-0.4, -0.2) is 40.5 Å². The third-order valence-electron chi connectivity index (χ3n) is 3.62. The largest absolute Gasteiger partial charge is 0.347 e. The maximum absolute atomic E-state index is 4.29. The van der Waals surface area contributed by atoms with Crippen LogP contribution in [0.5, 0.6) is 0 Å². The molecule has 90 valence electrons. The molecule has 3 atom stereocenters. The summed E-state index contributed by atoms with van der Waals surface area (Å²) in [7, 11) is 2.21. The first-order valence-electron chi connectivity index (χ1n) is 6.12. The quantitative estimate of drug-likeness (QED) is 0.815. The Morgan fingerprint density at radius 2 is 2.44 bits per heavy atom. The van der Waals surface area contributed by atoms with Crippen LogP contribution in [0.4, 0.5) is 0 Å². The Morgan fingerprint density at radius 3 is 3.06 bits per heavy atom. The molecule has 1 aliphatic rings. The van der Waals surface area contributed by atoms with E-state index in [1.807, 2.05) is 12.4 Å². The summed E-state index contributed by atoms with van der Waals surface area (Å²) in [5.41, 5.74) is 0. The Hall–Kier alpha value is -0.870. The van der Waals surface area contributed by atoms with Crippen molar-refractivity contribution in [2.45, 2.75) is 44.8 Å². The zero-order valence-corrected chi connectivity index (χ0v) is 10.4. The molecule has 0 spiro atoms.